The van der Waals surface area contributed by atoms with E-state index < -0.39 is 5.66 Å². The van der Waals surface area contributed by atoms with Crippen molar-refractivity contribution in [2.75, 3.05) is 11.1 Å². The third-order valence-corrected chi connectivity index (χ3v) is 4.95. The van der Waals surface area contributed by atoms with Gasteiger partial charge in [-0.15, -0.1) is 0 Å². The highest BCUT2D eigenvalue weighted by molar-refractivity contribution is 5.59. The van der Waals surface area contributed by atoms with Crippen molar-refractivity contribution >= 4 is 23.7 Å². The van der Waals surface area contributed by atoms with Gasteiger partial charge in [0, 0.05) is 11.8 Å². The van der Waals surface area contributed by atoms with Gasteiger partial charge in [-0.2, -0.15) is 0 Å². The number of hydrogen-bond acceptors (Lipinski definition) is 6. The van der Waals surface area contributed by atoms with Crippen molar-refractivity contribution in [3.8, 4) is 0 Å². The molecule has 0 saturated heterocycles. The molecule has 0 saturated carbocycles. The number of carbonyl (C=O) groups is 1. The van der Waals surface area contributed by atoms with Gasteiger partial charge >= 0.3 is 0 Å². The first-order chi connectivity index (χ1) is 12.9. The number of amides is 1. The molecule has 142 valence electrons. The number of nitrogens with zero attached hydrogens (tertiary/aromatic N) is 3. The quantitative estimate of drug-likeness (QED) is 0.549. The molecule has 0 spiro atoms. The average molecular weight is 368 g/mol. The van der Waals surface area contributed by atoms with Gasteiger partial charge in [0.2, 0.25) is 6.41 Å². The molecule has 2 unspecified atom stereocenters. The molecule has 0 bridgehead atoms. The molecule has 27 heavy (non-hydrogen) atoms. The van der Waals surface area contributed by atoms with Crippen molar-refractivity contribution in [1.29, 1.82) is 0 Å². The molecular weight excluding hydrogens is 344 g/mol. The van der Waals surface area contributed by atoms with Crippen molar-refractivity contribution in [2.45, 2.75) is 39.3 Å². The van der Waals surface area contributed by atoms with E-state index in [0.717, 1.165) is 17.7 Å². The minimum atomic E-state index is -0.895. The Balaban J connectivity index is 2.16. The molecule has 0 aromatic carbocycles. The Morgan fingerprint density at radius 3 is 2.78 bits per heavy atom. The topological polar surface area (TPSA) is 115 Å². The van der Waals surface area contributed by atoms with E-state index in [1.54, 1.807) is 16.7 Å². The van der Waals surface area contributed by atoms with Crippen LogP contribution in [0.1, 0.15) is 31.0 Å². The Bertz CT molecular complexity index is 952. The number of aryl methyl sites for hydroxylation is 1. The smallest absolute Gasteiger partial charge is 0.276 e. The van der Waals surface area contributed by atoms with Crippen molar-refractivity contribution in [1.82, 2.24) is 19.9 Å². The number of nitrogen functional groups attached to an aromatic ring is 1. The van der Waals surface area contributed by atoms with Crippen LogP contribution in [0, 0.1) is 19.8 Å². The van der Waals surface area contributed by atoms with Crippen LogP contribution in [0.5, 0.6) is 0 Å². The number of carbonyl (C=O) groups excluding carboxylic acids is 1. The molecule has 2 heterocycles. The maximum atomic E-state index is 13.4. The number of nitrogens with two attached hydrogens (primary N) is 1. The van der Waals surface area contributed by atoms with Gasteiger partial charge in [0.05, 0.1) is 0 Å². The summed E-state index contributed by atoms with van der Waals surface area (Å²) < 4.78 is 1.65. The van der Waals surface area contributed by atoms with E-state index in [-0.39, 0.29) is 5.56 Å². The number of hydrogen-bond donors (Lipinski definition) is 3. The van der Waals surface area contributed by atoms with Crippen molar-refractivity contribution < 1.29 is 4.79 Å². The molecule has 8 nitrogen and oxygen atoms in total. The second-order valence-corrected chi connectivity index (χ2v) is 7.05. The van der Waals surface area contributed by atoms with Crippen LogP contribution < -0.4 is 21.9 Å². The Morgan fingerprint density at radius 2 is 2.11 bits per heavy atom. The molecule has 3 rings (SSSR count). The average Bonchev–Trinajstić information content (AvgIpc) is 2.60. The number of rotatable bonds is 5. The zero-order chi connectivity index (χ0) is 19.6. The predicted octanol–water partition coefficient (Wildman–Crippen LogP) is 1.97. The van der Waals surface area contributed by atoms with E-state index in [2.05, 4.69) is 27.5 Å². The first-order valence-corrected chi connectivity index (χ1v) is 8.83. The van der Waals surface area contributed by atoms with Gasteiger partial charge in [0.1, 0.15) is 29.3 Å². The fraction of sp³-hybridized carbons (Fsp3) is 0.368. The normalized spacial score (nSPS) is 21.7. The van der Waals surface area contributed by atoms with Crippen molar-refractivity contribution in [2.24, 2.45) is 5.92 Å². The molecule has 2 aromatic rings. The van der Waals surface area contributed by atoms with Crippen LogP contribution in [0.25, 0.3) is 0 Å². The van der Waals surface area contributed by atoms with Gasteiger partial charge in [0.15, 0.2) is 0 Å². The third-order valence-electron chi connectivity index (χ3n) is 4.95. The molecule has 0 radical (unpaired) electrons. The highest BCUT2D eigenvalue weighted by atomic mass is 16.1. The van der Waals surface area contributed by atoms with Gasteiger partial charge in [0.25, 0.3) is 5.56 Å². The van der Waals surface area contributed by atoms with Crippen LogP contribution in [0.2, 0.25) is 0 Å². The monoisotopic (exact) mass is 368 g/mol. The zero-order valence-electron chi connectivity index (χ0n) is 15.7. The molecule has 1 aliphatic carbocycles. The van der Waals surface area contributed by atoms with E-state index >= 15 is 0 Å². The van der Waals surface area contributed by atoms with Gasteiger partial charge < -0.3 is 16.4 Å². The second kappa shape index (κ2) is 7.22. The van der Waals surface area contributed by atoms with Gasteiger partial charge in [-0.1, -0.05) is 13.0 Å². The van der Waals surface area contributed by atoms with Crippen LogP contribution in [0.4, 0.5) is 17.3 Å². The lowest BCUT2D eigenvalue weighted by Gasteiger charge is -2.39. The number of aromatic nitrogens is 3. The van der Waals surface area contributed by atoms with E-state index in [1.165, 1.54) is 6.33 Å². The highest BCUT2D eigenvalue weighted by Crippen LogP contribution is 2.32. The second-order valence-electron chi connectivity index (χ2n) is 7.05. The van der Waals surface area contributed by atoms with Crippen LogP contribution >= 0.6 is 0 Å². The summed E-state index contributed by atoms with van der Waals surface area (Å²) in [6.07, 6.45) is 7.44. The first kappa shape index (κ1) is 18.6. The van der Waals surface area contributed by atoms with Crippen LogP contribution in [-0.2, 0) is 10.5 Å². The number of anilines is 3. The van der Waals surface area contributed by atoms with E-state index in [0.29, 0.717) is 36.1 Å². The lowest BCUT2D eigenvalue weighted by Crippen LogP contribution is -2.53. The fourth-order valence-electron chi connectivity index (χ4n) is 3.60. The summed E-state index contributed by atoms with van der Waals surface area (Å²) in [4.78, 5) is 32.7. The summed E-state index contributed by atoms with van der Waals surface area (Å²) in [5, 5.41) is 5.90. The Labute approximate surface area is 157 Å². The van der Waals surface area contributed by atoms with E-state index in [1.807, 2.05) is 26.0 Å². The largest absolute Gasteiger partial charge is 0.384 e. The molecular formula is C19H24N6O2. The lowest BCUT2D eigenvalue weighted by molar-refractivity contribution is -0.112. The summed E-state index contributed by atoms with van der Waals surface area (Å²) in [6.45, 7) is 5.91. The maximum absolute atomic E-state index is 13.4. The summed E-state index contributed by atoms with van der Waals surface area (Å²) >= 11 is 0. The van der Waals surface area contributed by atoms with E-state index in [4.69, 9.17) is 5.73 Å². The van der Waals surface area contributed by atoms with Crippen molar-refractivity contribution in [3.63, 3.8) is 0 Å². The number of pyridine rings is 1. The van der Waals surface area contributed by atoms with Crippen LogP contribution in [0.3, 0.4) is 0 Å². The minimum absolute atomic E-state index is 0.247. The Hall–Kier alpha value is -3.16. The SMILES string of the molecule is Cc1cc(Nc2cc(N)ncn2)c(=O)n(C2(NC=O)C=CCC(C)C2)c1C. The number of allylic oxidation sites excluding steroid dienone is 1. The summed E-state index contributed by atoms with van der Waals surface area (Å²) in [6, 6.07) is 3.33. The maximum Gasteiger partial charge on any atom is 0.276 e. The molecule has 0 aliphatic heterocycles. The molecule has 4 N–H and O–H groups in total. The fourth-order valence-corrected chi connectivity index (χ4v) is 3.60. The summed E-state index contributed by atoms with van der Waals surface area (Å²) in [5.74, 6) is 1.06. The van der Waals surface area contributed by atoms with Crippen LogP contribution in [-0.4, -0.2) is 20.9 Å². The van der Waals surface area contributed by atoms with Gasteiger partial charge in [-0.25, -0.2) is 9.97 Å². The minimum Gasteiger partial charge on any atom is -0.384 e. The molecule has 8 heteroatoms. The lowest BCUT2D eigenvalue weighted by atomic mass is 9.86. The Kier molecular flexibility index (Phi) is 4.98. The standard InChI is InChI=1S/C19H24N6O2/c1-12-5-4-6-19(9-12,23-11-26)25-14(3)13(2)7-15(18(25)27)24-17-8-16(20)21-10-22-17/h4,6-8,10-12H,5,9H2,1-3H3,(H,23,26)(H3,20,21,22,24). The third kappa shape index (κ3) is 3.55. The predicted molar refractivity (Wildman–Crippen MR) is 105 cm³/mol. The molecule has 0 fully saturated rings. The summed E-state index contributed by atoms with van der Waals surface area (Å²) in [7, 11) is 0. The number of nitrogens with one attached hydrogen (secondary N) is 2. The highest BCUT2D eigenvalue weighted by Gasteiger charge is 2.35. The molecule has 2 aromatic heterocycles. The first-order valence-electron chi connectivity index (χ1n) is 8.83. The molecule has 1 aliphatic rings. The zero-order valence-corrected chi connectivity index (χ0v) is 15.7. The molecule has 2 atom stereocenters. The Morgan fingerprint density at radius 1 is 1.33 bits per heavy atom. The molecule has 1 amide bonds. The van der Waals surface area contributed by atoms with Crippen LogP contribution in [0.15, 0.2) is 35.4 Å². The van der Waals surface area contributed by atoms with E-state index in [9.17, 15) is 9.59 Å². The van der Waals surface area contributed by atoms with Crippen molar-refractivity contribution in [3.05, 3.63) is 52.2 Å². The van der Waals surface area contributed by atoms with Gasteiger partial charge in [-0.3, -0.25) is 14.2 Å². The summed E-state index contributed by atoms with van der Waals surface area (Å²) in [5.41, 5.74) is 6.62. The van der Waals surface area contributed by atoms with Gasteiger partial charge in [-0.05, 0) is 50.3 Å².